The molecule has 0 spiro atoms. The highest BCUT2D eigenvalue weighted by atomic mass is 19.4. The van der Waals surface area contributed by atoms with Crippen molar-refractivity contribution >= 4 is 18.2 Å². The van der Waals surface area contributed by atoms with Gasteiger partial charge in [0.2, 0.25) is 18.2 Å². The van der Waals surface area contributed by atoms with Crippen LogP contribution in [-0.2, 0) is 49.2 Å². The average molecular weight is 716 g/mol. The van der Waals surface area contributed by atoms with Crippen LogP contribution in [0.3, 0.4) is 0 Å². The van der Waals surface area contributed by atoms with Crippen molar-refractivity contribution in [2.24, 2.45) is 5.73 Å². The van der Waals surface area contributed by atoms with E-state index in [9.17, 15) is 40.7 Å². The molecule has 3 heterocycles. The Morgan fingerprint density at radius 3 is 2.14 bits per heavy atom. The number of hydrogen-bond acceptors (Lipinski definition) is 7. The van der Waals surface area contributed by atoms with Crippen molar-refractivity contribution in [1.29, 1.82) is 0 Å². The van der Waals surface area contributed by atoms with Crippen molar-refractivity contribution < 1.29 is 50.2 Å². The van der Waals surface area contributed by atoms with E-state index >= 15 is 0 Å². The second-order valence-corrected chi connectivity index (χ2v) is 12.4. The van der Waals surface area contributed by atoms with Gasteiger partial charge in [0.25, 0.3) is 0 Å². The van der Waals surface area contributed by atoms with E-state index in [1.165, 1.54) is 7.11 Å². The van der Waals surface area contributed by atoms with Gasteiger partial charge in [-0.25, -0.2) is 0 Å². The Kier molecular flexibility index (Phi) is 13.6. The molecule has 3 amide bonds. The number of methoxy groups -OCH3 is 1. The molecule has 3 aliphatic rings. The first-order valence-electron chi connectivity index (χ1n) is 16.4. The Morgan fingerprint density at radius 1 is 0.940 bits per heavy atom. The van der Waals surface area contributed by atoms with Gasteiger partial charge in [-0.1, -0.05) is 30.3 Å². The second-order valence-electron chi connectivity index (χ2n) is 12.4. The standard InChI is InChI=1S/C24H35N5O4.C10H8F6O/c25-8-4-7-21-24(32)27(10-9-26-11-13-33-14-12-26)17-22-28(18-30)20(16-23(31)29(21)22)15-19-5-2-1-3-6-19;1-17-5-6-2-7(9(11,12)13)4-8(3-6)10(14,15)16/h1-3,5-6,18,20-22H,4,7-17,25H2;2-4H,5H2,1H3/t20?,21-,22?;/m0./s1. The van der Waals surface area contributed by atoms with Gasteiger partial charge >= 0.3 is 12.4 Å². The minimum Gasteiger partial charge on any atom is -0.380 e. The van der Waals surface area contributed by atoms with Crippen LogP contribution in [0.15, 0.2) is 48.5 Å². The maximum Gasteiger partial charge on any atom is 0.416 e. The number of carbonyl (C=O) groups is 3. The number of ether oxygens (including phenoxy) is 2. The fourth-order valence-electron chi connectivity index (χ4n) is 6.50. The SMILES string of the molecule is COCc1cc(C(F)(F)F)cc(C(F)(F)F)c1.NCCC[C@H]1C(=O)N(CCN2CCOCC2)CC2N(C=O)C(Cc3ccccc3)CC(=O)N21. The fraction of sp³-hybridized carbons (Fsp3) is 0.559. The summed E-state index contributed by atoms with van der Waals surface area (Å²) < 4.78 is 84.2. The fourth-order valence-corrected chi connectivity index (χ4v) is 6.50. The molecule has 0 aliphatic carbocycles. The number of hydrogen-bond donors (Lipinski definition) is 1. The molecule has 2 unspecified atom stereocenters. The Labute approximate surface area is 287 Å². The summed E-state index contributed by atoms with van der Waals surface area (Å²) in [6.07, 6.45) is -7.21. The van der Waals surface area contributed by atoms with Crippen LogP contribution in [0.4, 0.5) is 26.3 Å². The first-order valence-corrected chi connectivity index (χ1v) is 16.4. The molecule has 2 aromatic carbocycles. The molecule has 5 rings (SSSR count). The van der Waals surface area contributed by atoms with E-state index in [1.54, 1.807) is 9.80 Å². The zero-order chi connectivity index (χ0) is 36.5. The maximum atomic E-state index is 13.4. The van der Waals surface area contributed by atoms with Gasteiger partial charge in [0.1, 0.15) is 12.2 Å². The molecule has 10 nitrogen and oxygen atoms in total. The lowest BCUT2D eigenvalue weighted by Gasteiger charge is -2.54. The van der Waals surface area contributed by atoms with Crippen molar-refractivity contribution in [1.82, 2.24) is 19.6 Å². The number of halogens is 6. The predicted molar refractivity (Wildman–Crippen MR) is 170 cm³/mol. The summed E-state index contributed by atoms with van der Waals surface area (Å²) in [4.78, 5) is 46.5. The minimum absolute atomic E-state index is 0.0336. The number of rotatable bonds is 11. The quantitative estimate of drug-likeness (QED) is 0.279. The number of nitrogens with zero attached hydrogens (tertiary/aromatic N) is 4. The van der Waals surface area contributed by atoms with Crippen LogP contribution in [0.5, 0.6) is 0 Å². The first-order chi connectivity index (χ1) is 23.8. The molecule has 16 heteroatoms. The van der Waals surface area contributed by atoms with Crippen molar-refractivity contribution in [3.05, 3.63) is 70.8 Å². The maximum absolute atomic E-state index is 13.4. The highest BCUT2D eigenvalue weighted by Gasteiger charge is 2.49. The number of piperazine rings is 1. The summed E-state index contributed by atoms with van der Waals surface area (Å²) in [6.45, 7) is 4.94. The molecule has 276 valence electrons. The second kappa shape index (κ2) is 17.5. The van der Waals surface area contributed by atoms with Crippen LogP contribution in [0.2, 0.25) is 0 Å². The van der Waals surface area contributed by atoms with Crippen molar-refractivity contribution in [2.75, 3.05) is 59.6 Å². The average Bonchev–Trinajstić information content (AvgIpc) is 3.08. The first kappa shape index (κ1) is 39.1. The zero-order valence-electron chi connectivity index (χ0n) is 27.8. The van der Waals surface area contributed by atoms with E-state index in [0.717, 1.165) is 31.6 Å². The topological polar surface area (TPSA) is 109 Å². The van der Waals surface area contributed by atoms with E-state index in [-0.39, 0.29) is 42.5 Å². The molecule has 0 bridgehead atoms. The molecule has 3 saturated heterocycles. The smallest absolute Gasteiger partial charge is 0.380 e. The summed E-state index contributed by atoms with van der Waals surface area (Å²) in [5, 5.41) is 0. The molecular formula is C34H43F6N5O5. The van der Waals surface area contributed by atoms with E-state index in [1.807, 2.05) is 35.2 Å². The van der Waals surface area contributed by atoms with Crippen LogP contribution >= 0.6 is 0 Å². The molecule has 2 aromatic rings. The molecule has 50 heavy (non-hydrogen) atoms. The number of benzene rings is 2. The summed E-state index contributed by atoms with van der Waals surface area (Å²) in [6, 6.07) is 10.5. The van der Waals surface area contributed by atoms with Crippen molar-refractivity contribution in [3.63, 3.8) is 0 Å². The lowest BCUT2D eigenvalue weighted by Crippen LogP contribution is -2.72. The van der Waals surface area contributed by atoms with Crippen LogP contribution in [-0.4, -0.2) is 116 Å². The van der Waals surface area contributed by atoms with Gasteiger partial charge in [0.15, 0.2) is 0 Å². The highest BCUT2D eigenvalue weighted by molar-refractivity contribution is 5.90. The Morgan fingerprint density at radius 2 is 1.58 bits per heavy atom. The summed E-state index contributed by atoms with van der Waals surface area (Å²) in [5.74, 6) is -0.0871. The van der Waals surface area contributed by atoms with Crippen LogP contribution < -0.4 is 5.73 Å². The molecule has 2 N–H and O–H groups in total. The van der Waals surface area contributed by atoms with Gasteiger partial charge in [0, 0.05) is 45.8 Å². The summed E-state index contributed by atoms with van der Waals surface area (Å²) >= 11 is 0. The number of amides is 3. The van der Waals surface area contributed by atoms with E-state index in [4.69, 9.17) is 10.5 Å². The van der Waals surface area contributed by atoms with Gasteiger partial charge in [-0.15, -0.1) is 0 Å². The van der Waals surface area contributed by atoms with Crippen LogP contribution in [0, 0.1) is 0 Å². The lowest BCUT2D eigenvalue weighted by molar-refractivity contribution is -0.176. The number of nitrogens with two attached hydrogens (primary N) is 1. The third-order valence-electron chi connectivity index (χ3n) is 8.97. The van der Waals surface area contributed by atoms with E-state index in [0.29, 0.717) is 64.2 Å². The van der Waals surface area contributed by atoms with Gasteiger partial charge < -0.3 is 29.9 Å². The number of fused-ring (bicyclic) bond motifs is 1. The molecule has 0 radical (unpaired) electrons. The van der Waals surface area contributed by atoms with Gasteiger partial charge in [-0.2, -0.15) is 26.3 Å². The third-order valence-corrected chi connectivity index (χ3v) is 8.97. The third kappa shape index (κ3) is 10.2. The molecular weight excluding hydrogens is 672 g/mol. The Hall–Kier alpha value is -3.73. The highest BCUT2D eigenvalue weighted by Crippen LogP contribution is 2.36. The van der Waals surface area contributed by atoms with Crippen LogP contribution in [0.25, 0.3) is 0 Å². The minimum atomic E-state index is -4.82. The van der Waals surface area contributed by atoms with E-state index in [2.05, 4.69) is 9.64 Å². The predicted octanol–water partition coefficient (Wildman–Crippen LogP) is 3.77. The molecule has 3 aliphatic heterocycles. The zero-order valence-corrected chi connectivity index (χ0v) is 27.8. The van der Waals surface area contributed by atoms with Gasteiger partial charge in [-0.3, -0.25) is 19.3 Å². The van der Waals surface area contributed by atoms with Crippen LogP contribution in [0.1, 0.15) is 41.5 Å². The number of morpholine rings is 1. The molecule has 0 saturated carbocycles. The number of alkyl halides is 6. The Balaban J connectivity index is 0.000000279. The monoisotopic (exact) mass is 715 g/mol. The molecule has 3 atom stereocenters. The summed E-state index contributed by atoms with van der Waals surface area (Å²) in [5.41, 5.74) is 3.98. The van der Waals surface area contributed by atoms with Crippen molar-refractivity contribution in [3.8, 4) is 0 Å². The Bertz CT molecular complexity index is 1390. The lowest BCUT2D eigenvalue weighted by atomic mass is 9.93. The largest absolute Gasteiger partial charge is 0.416 e. The normalized spacial score (nSPS) is 21.8. The molecule has 0 aromatic heterocycles. The van der Waals surface area contributed by atoms with Gasteiger partial charge in [-0.05, 0) is 55.1 Å². The van der Waals surface area contributed by atoms with E-state index < -0.39 is 35.7 Å². The number of carbonyl (C=O) groups excluding carboxylic acids is 3. The van der Waals surface area contributed by atoms with Crippen molar-refractivity contribution in [2.45, 2.75) is 62.9 Å². The molecule has 3 fully saturated rings. The summed E-state index contributed by atoms with van der Waals surface area (Å²) in [7, 11) is 1.19. The van der Waals surface area contributed by atoms with Gasteiger partial charge in [0.05, 0.1) is 37.5 Å².